The van der Waals surface area contributed by atoms with E-state index in [4.69, 9.17) is 0 Å². The zero-order chi connectivity index (χ0) is 16.2. The minimum Gasteiger partial charge on any atom is -0.478 e. The van der Waals surface area contributed by atoms with Crippen molar-refractivity contribution in [1.82, 2.24) is 0 Å². The summed E-state index contributed by atoms with van der Waals surface area (Å²) in [7, 11) is 1.71. The summed E-state index contributed by atoms with van der Waals surface area (Å²) in [5.74, 6) is -0.588. The number of anilines is 1. The van der Waals surface area contributed by atoms with Gasteiger partial charge in [0.25, 0.3) is 0 Å². The van der Waals surface area contributed by atoms with Gasteiger partial charge in [-0.2, -0.15) is 24.9 Å². The number of hydrogen-bond donors (Lipinski definition) is 1. The molecule has 3 nitrogen and oxygen atoms in total. The number of rotatable bonds is 6. The van der Waals surface area contributed by atoms with Crippen molar-refractivity contribution in [3.05, 3.63) is 29.3 Å². The lowest BCUT2D eigenvalue weighted by molar-refractivity contribution is -0.137. The van der Waals surface area contributed by atoms with Crippen LogP contribution < -0.4 is 4.90 Å². The first kappa shape index (κ1) is 17.7. The predicted molar refractivity (Wildman–Crippen MR) is 79.3 cm³/mol. The van der Waals surface area contributed by atoms with Gasteiger partial charge in [-0.15, -0.1) is 0 Å². The van der Waals surface area contributed by atoms with Crippen LogP contribution in [-0.4, -0.2) is 36.2 Å². The average Bonchev–Trinajstić information content (AvgIpc) is 2.42. The zero-order valence-corrected chi connectivity index (χ0v) is 12.9. The second-order valence-electron chi connectivity index (χ2n) is 4.66. The van der Waals surface area contributed by atoms with E-state index >= 15 is 0 Å². The highest BCUT2D eigenvalue weighted by molar-refractivity contribution is 7.98. The topological polar surface area (TPSA) is 40.5 Å². The van der Waals surface area contributed by atoms with Gasteiger partial charge in [0.15, 0.2) is 0 Å². The number of alkyl halides is 3. The Balaban J connectivity index is 3.26. The number of carbonyl (C=O) groups is 1. The summed E-state index contributed by atoms with van der Waals surface area (Å²) >= 11 is 1.61. The standard InChI is InChI=1S/C14H18F3NO2S/c1-4-10(8-21-3)18(2)12-6-5-9(14(15,16)17)7-11(12)13(19)20/h5-7,10H,4,8H2,1-3H3,(H,19,20). The summed E-state index contributed by atoms with van der Waals surface area (Å²) in [5, 5.41) is 9.19. The van der Waals surface area contributed by atoms with Crippen molar-refractivity contribution in [2.75, 3.05) is 24.0 Å². The number of aromatic carboxylic acids is 1. The summed E-state index contributed by atoms with van der Waals surface area (Å²) < 4.78 is 38.1. The molecule has 0 fully saturated rings. The van der Waals surface area contributed by atoms with Crippen LogP contribution in [0, 0.1) is 0 Å². The third-order valence-electron chi connectivity index (χ3n) is 3.31. The highest BCUT2D eigenvalue weighted by Crippen LogP contribution is 2.33. The van der Waals surface area contributed by atoms with Crippen molar-refractivity contribution in [3.8, 4) is 0 Å². The van der Waals surface area contributed by atoms with Crippen molar-refractivity contribution >= 4 is 23.4 Å². The van der Waals surface area contributed by atoms with Crippen LogP contribution in [0.25, 0.3) is 0 Å². The van der Waals surface area contributed by atoms with Gasteiger partial charge in [0.1, 0.15) is 0 Å². The number of halogens is 3. The molecule has 0 aromatic heterocycles. The number of nitrogens with zero attached hydrogens (tertiary/aromatic N) is 1. The molecule has 1 aromatic rings. The molecule has 1 rings (SSSR count). The second kappa shape index (κ2) is 7.06. The Labute approximate surface area is 126 Å². The molecule has 0 radical (unpaired) electrons. The number of benzene rings is 1. The van der Waals surface area contributed by atoms with E-state index < -0.39 is 17.7 Å². The maximum atomic E-state index is 12.7. The van der Waals surface area contributed by atoms with Crippen molar-refractivity contribution in [2.24, 2.45) is 0 Å². The summed E-state index contributed by atoms with van der Waals surface area (Å²) in [6.45, 7) is 1.96. The van der Waals surface area contributed by atoms with Gasteiger partial charge in [-0.3, -0.25) is 0 Å². The normalized spacial score (nSPS) is 13.0. The molecule has 0 heterocycles. The molecule has 0 aliphatic heterocycles. The van der Waals surface area contributed by atoms with Crippen molar-refractivity contribution in [3.63, 3.8) is 0 Å². The number of carboxylic acid groups (broad SMARTS) is 1. The first-order valence-electron chi connectivity index (χ1n) is 6.38. The van der Waals surface area contributed by atoms with Crippen LogP contribution in [0.15, 0.2) is 18.2 Å². The summed E-state index contributed by atoms with van der Waals surface area (Å²) in [4.78, 5) is 13.0. The summed E-state index contributed by atoms with van der Waals surface area (Å²) in [6.07, 6.45) is -1.84. The highest BCUT2D eigenvalue weighted by atomic mass is 32.2. The van der Waals surface area contributed by atoms with Crippen LogP contribution >= 0.6 is 11.8 Å². The number of thioether (sulfide) groups is 1. The first-order chi connectivity index (χ1) is 9.72. The molecule has 0 bridgehead atoms. The van der Waals surface area contributed by atoms with Crippen LogP contribution in [0.2, 0.25) is 0 Å². The molecule has 0 aliphatic carbocycles. The van der Waals surface area contributed by atoms with Crippen LogP contribution in [-0.2, 0) is 6.18 Å². The molecule has 1 unspecified atom stereocenters. The van der Waals surface area contributed by atoms with E-state index in [1.54, 1.807) is 23.7 Å². The quantitative estimate of drug-likeness (QED) is 0.860. The molecule has 1 N–H and O–H groups in total. The fourth-order valence-electron chi connectivity index (χ4n) is 2.08. The minimum atomic E-state index is -4.55. The Morgan fingerprint density at radius 1 is 1.43 bits per heavy atom. The fraction of sp³-hybridized carbons (Fsp3) is 0.500. The molecule has 7 heteroatoms. The van der Waals surface area contributed by atoms with E-state index in [1.165, 1.54) is 6.07 Å². The molecule has 0 saturated heterocycles. The Morgan fingerprint density at radius 3 is 2.48 bits per heavy atom. The average molecular weight is 321 g/mol. The van der Waals surface area contributed by atoms with Gasteiger partial charge in [-0.25, -0.2) is 4.79 Å². The lowest BCUT2D eigenvalue weighted by atomic mass is 10.1. The molecule has 0 aliphatic rings. The van der Waals surface area contributed by atoms with Crippen LogP contribution in [0.4, 0.5) is 18.9 Å². The second-order valence-corrected chi connectivity index (χ2v) is 5.57. The van der Waals surface area contributed by atoms with Crippen LogP contribution in [0.3, 0.4) is 0 Å². The Bertz CT molecular complexity index is 505. The van der Waals surface area contributed by atoms with Crippen molar-refractivity contribution < 1.29 is 23.1 Å². The Hall–Kier alpha value is -1.37. The molecule has 1 aromatic carbocycles. The van der Waals surface area contributed by atoms with Crippen molar-refractivity contribution in [1.29, 1.82) is 0 Å². The lowest BCUT2D eigenvalue weighted by Crippen LogP contribution is -2.34. The molecule has 118 valence electrons. The smallest absolute Gasteiger partial charge is 0.416 e. The van der Waals surface area contributed by atoms with Gasteiger partial charge in [0.05, 0.1) is 16.8 Å². The van der Waals surface area contributed by atoms with E-state index in [-0.39, 0.29) is 11.6 Å². The molecule has 0 amide bonds. The largest absolute Gasteiger partial charge is 0.478 e. The van der Waals surface area contributed by atoms with E-state index in [0.717, 1.165) is 18.2 Å². The lowest BCUT2D eigenvalue weighted by Gasteiger charge is -2.30. The van der Waals surface area contributed by atoms with Gasteiger partial charge in [0.2, 0.25) is 0 Å². The van der Waals surface area contributed by atoms with Gasteiger partial charge in [0, 0.05) is 18.8 Å². The minimum absolute atomic E-state index is 0.0647. The van der Waals surface area contributed by atoms with E-state index in [9.17, 15) is 23.1 Å². The SMILES string of the molecule is CCC(CSC)N(C)c1ccc(C(F)(F)F)cc1C(=O)O. The molecular formula is C14H18F3NO2S. The monoisotopic (exact) mass is 321 g/mol. The third kappa shape index (κ3) is 4.30. The third-order valence-corrected chi connectivity index (χ3v) is 4.03. The van der Waals surface area contributed by atoms with E-state index in [2.05, 4.69) is 0 Å². The van der Waals surface area contributed by atoms with E-state index in [0.29, 0.717) is 11.8 Å². The maximum absolute atomic E-state index is 12.7. The van der Waals surface area contributed by atoms with Gasteiger partial charge >= 0.3 is 12.1 Å². The predicted octanol–water partition coefficient (Wildman–Crippen LogP) is 3.98. The summed E-state index contributed by atoms with van der Waals surface area (Å²) in [6, 6.07) is 2.91. The molecular weight excluding hydrogens is 303 g/mol. The molecule has 0 spiro atoms. The van der Waals surface area contributed by atoms with E-state index in [1.807, 2.05) is 13.2 Å². The Morgan fingerprint density at radius 2 is 2.05 bits per heavy atom. The summed E-state index contributed by atoms with van der Waals surface area (Å²) in [5.41, 5.74) is -0.974. The molecule has 0 saturated carbocycles. The van der Waals surface area contributed by atoms with Gasteiger partial charge < -0.3 is 10.0 Å². The van der Waals surface area contributed by atoms with Crippen molar-refractivity contribution in [2.45, 2.75) is 25.6 Å². The number of carboxylic acids is 1. The van der Waals surface area contributed by atoms with Crippen LogP contribution in [0.1, 0.15) is 29.3 Å². The molecule has 1 atom stereocenters. The highest BCUT2D eigenvalue weighted by Gasteiger charge is 2.32. The fourth-order valence-corrected chi connectivity index (χ4v) is 2.93. The van der Waals surface area contributed by atoms with Crippen LogP contribution in [0.5, 0.6) is 0 Å². The maximum Gasteiger partial charge on any atom is 0.416 e. The first-order valence-corrected chi connectivity index (χ1v) is 7.78. The Kier molecular flexibility index (Phi) is 5.95. The van der Waals surface area contributed by atoms with Gasteiger partial charge in [-0.05, 0) is 30.9 Å². The van der Waals surface area contributed by atoms with Gasteiger partial charge in [-0.1, -0.05) is 6.92 Å². The zero-order valence-electron chi connectivity index (χ0n) is 12.1. The molecule has 21 heavy (non-hydrogen) atoms. The number of hydrogen-bond acceptors (Lipinski definition) is 3.